The van der Waals surface area contributed by atoms with Crippen LogP contribution in [0.4, 0.5) is 0 Å². The number of ether oxygens (including phenoxy) is 1. The summed E-state index contributed by atoms with van der Waals surface area (Å²) in [6.45, 7) is 2.47. The molecule has 0 saturated heterocycles. The number of rotatable bonds is 4. The summed E-state index contributed by atoms with van der Waals surface area (Å²) in [6, 6.07) is 13.2. The second-order valence-corrected chi connectivity index (χ2v) is 5.73. The van der Waals surface area contributed by atoms with Crippen LogP contribution < -0.4 is 4.74 Å². The number of thiophene rings is 1. The third-order valence-electron chi connectivity index (χ3n) is 3.33. The van der Waals surface area contributed by atoms with Gasteiger partial charge in [0.25, 0.3) is 0 Å². The first-order chi connectivity index (χ1) is 10.1. The molecule has 1 aromatic heterocycles. The van der Waals surface area contributed by atoms with Gasteiger partial charge in [0.05, 0.1) is 5.56 Å². The molecule has 3 rings (SSSR count). The van der Waals surface area contributed by atoms with Crippen LogP contribution >= 0.6 is 11.3 Å². The van der Waals surface area contributed by atoms with Crippen LogP contribution in [0.15, 0.2) is 47.8 Å². The smallest absolute Gasteiger partial charge is 0.337 e. The molecule has 0 fully saturated rings. The number of aryl methyl sites for hydroxylation is 1. The van der Waals surface area contributed by atoms with Crippen molar-refractivity contribution in [2.24, 2.45) is 0 Å². The molecule has 0 amide bonds. The van der Waals surface area contributed by atoms with Gasteiger partial charge < -0.3 is 9.84 Å². The van der Waals surface area contributed by atoms with E-state index in [0.29, 0.717) is 12.2 Å². The van der Waals surface area contributed by atoms with E-state index in [9.17, 15) is 9.90 Å². The van der Waals surface area contributed by atoms with Crippen molar-refractivity contribution in [1.82, 2.24) is 0 Å². The van der Waals surface area contributed by atoms with Gasteiger partial charge in [-0.05, 0) is 35.9 Å². The van der Waals surface area contributed by atoms with Crippen LogP contribution in [-0.2, 0) is 6.61 Å². The summed E-state index contributed by atoms with van der Waals surface area (Å²) >= 11 is 1.45. The highest BCUT2D eigenvalue weighted by atomic mass is 32.1. The Labute approximate surface area is 126 Å². The van der Waals surface area contributed by atoms with E-state index in [4.69, 9.17) is 4.74 Å². The number of hydrogen-bond acceptors (Lipinski definition) is 3. The number of benzene rings is 2. The van der Waals surface area contributed by atoms with Gasteiger partial charge >= 0.3 is 5.97 Å². The minimum atomic E-state index is -0.895. The Morgan fingerprint density at radius 1 is 1.19 bits per heavy atom. The molecule has 3 aromatic rings. The summed E-state index contributed by atoms with van der Waals surface area (Å²) in [5.74, 6) is -0.0807. The molecule has 0 atom stereocenters. The van der Waals surface area contributed by atoms with Gasteiger partial charge in [0.2, 0.25) is 0 Å². The number of aromatic carboxylic acids is 1. The summed E-state index contributed by atoms with van der Waals surface area (Å²) in [6.07, 6.45) is 0. The first-order valence-electron chi connectivity index (χ1n) is 6.57. The number of carbonyl (C=O) groups is 1. The average molecular weight is 298 g/mol. The maximum Gasteiger partial charge on any atom is 0.337 e. The molecule has 0 aliphatic carbocycles. The highest BCUT2D eigenvalue weighted by Gasteiger charge is 2.12. The lowest BCUT2D eigenvalue weighted by Crippen LogP contribution is -1.97. The molecular weight excluding hydrogens is 284 g/mol. The highest BCUT2D eigenvalue weighted by Crippen LogP contribution is 2.30. The van der Waals surface area contributed by atoms with Crippen molar-refractivity contribution >= 4 is 27.4 Å². The van der Waals surface area contributed by atoms with Gasteiger partial charge in [0, 0.05) is 10.3 Å². The molecule has 0 aliphatic rings. The summed E-state index contributed by atoms with van der Waals surface area (Å²) in [5.41, 5.74) is 2.55. The van der Waals surface area contributed by atoms with E-state index >= 15 is 0 Å². The minimum absolute atomic E-state index is 0.346. The van der Waals surface area contributed by atoms with E-state index in [1.807, 2.05) is 42.6 Å². The number of carboxylic acids is 1. The standard InChI is InChI=1S/C17H14O3S/c1-11-5-7-13(8-6-11)20-9-12-10-21-16-14(12)3-2-4-15(16)17(18)19/h2-8,10H,9H2,1H3,(H,18,19). The lowest BCUT2D eigenvalue weighted by atomic mass is 10.1. The fourth-order valence-corrected chi connectivity index (χ4v) is 3.25. The largest absolute Gasteiger partial charge is 0.489 e. The summed E-state index contributed by atoms with van der Waals surface area (Å²) in [7, 11) is 0. The van der Waals surface area contributed by atoms with E-state index in [2.05, 4.69) is 0 Å². The Hall–Kier alpha value is -2.33. The monoisotopic (exact) mass is 298 g/mol. The second kappa shape index (κ2) is 5.58. The van der Waals surface area contributed by atoms with E-state index in [-0.39, 0.29) is 0 Å². The molecule has 0 saturated carbocycles. The third kappa shape index (κ3) is 2.76. The molecule has 21 heavy (non-hydrogen) atoms. The molecule has 4 heteroatoms. The van der Waals surface area contributed by atoms with Crippen molar-refractivity contribution in [2.45, 2.75) is 13.5 Å². The minimum Gasteiger partial charge on any atom is -0.489 e. The van der Waals surface area contributed by atoms with Crippen molar-refractivity contribution in [3.05, 3.63) is 64.5 Å². The van der Waals surface area contributed by atoms with Crippen LogP contribution in [0.5, 0.6) is 5.75 Å². The molecule has 3 nitrogen and oxygen atoms in total. The fourth-order valence-electron chi connectivity index (χ4n) is 2.19. The molecule has 0 radical (unpaired) electrons. The van der Waals surface area contributed by atoms with Gasteiger partial charge in [-0.2, -0.15) is 0 Å². The second-order valence-electron chi connectivity index (χ2n) is 4.85. The Kier molecular flexibility index (Phi) is 3.62. The predicted octanol–water partition coefficient (Wildman–Crippen LogP) is 4.49. The molecule has 1 heterocycles. The summed E-state index contributed by atoms with van der Waals surface area (Å²) in [4.78, 5) is 11.2. The lowest BCUT2D eigenvalue weighted by Gasteiger charge is -2.06. The zero-order chi connectivity index (χ0) is 14.8. The van der Waals surface area contributed by atoms with Gasteiger partial charge in [-0.1, -0.05) is 29.8 Å². The van der Waals surface area contributed by atoms with E-state index in [1.165, 1.54) is 16.9 Å². The van der Waals surface area contributed by atoms with Crippen molar-refractivity contribution in [2.75, 3.05) is 0 Å². The molecule has 0 spiro atoms. The maximum atomic E-state index is 11.2. The molecular formula is C17H14O3S. The van der Waals surface area contributed by atoms with Gasteiger partial charge in [0.1, 0.15) is 12.4 Å². The van der Waals surface area contributed by atoms with Gasteiger partial charge in [-0.3, -0.25) is 0 Å². The van der Waals surface area contributed by atoms with E-state index < -0.39 is 5.97 Å². The zero-order valence-corrected chi connectivity index (χ0v) is 12.3. The quantitative estimate of drug-likeness (QED) is 0.772. The lowest BCUT2D eigenvalue weighted by molar-refractivity contribution is 0.0699. The van der Waals surface area contributed by atoms with Crippen molar-refractivity contribution < 1.29 is 14.6 Å². The van der Waals surface area contributed by atoms with Crippen molar-refractivity contribution in [3.63, 3.8) is 0 Å². The first kappa shape index (κ1) is 13.6. The number of hydrogen-bond donors (Lipinski definition) is 1. The molecule has 2 aromatic carbocycles. The summed E-state index contributed by atoms with van der Waals surface area (Å²) in [5, 5.41) is 12.1. The van der Waals surface area contributed by atoms with Crippen LogP contribution in [0.3, 0.4) is 0 Å². The Bertz CT molecular complexity index is 787. The predicted molar refractivity (Wildman–Crippen MR) is 84.3 cm³/mol. The number of fused-ring (bicyclic) bond motifs is 1. The third-order valence-corrected chi connectivity index (χ3v) is 4.40. The fraction of sp³-hybridized carbons (Fsp3) is 0.118. The number of carboxylic acid groups (broad SMARTS) is 1. The average Bonchev–Trinajstić information content (AvgIpc) is 2.89. The SMILES string of the molecule is Cc1ccc(OCc2csc3c(C(=O)O)cccc23)cc1. The van der Waals surface area contributed by atoms with Gasteiger partial charge in [-0.15, -0.1) is 11.3 Å². The van der Waals surface area contributed by atoms with Crippen molar-refractivity contribution in [1.29, 1.82) is 0 Å². The molecule has 106 valence electrons. The topological polar surface area (TPSA) is 46.5 Å². The molecule has 0 aliphatic heterocycles. The molecule has 0 bridgehead atoms. The van der Waals surface area contributed by atoms with Crippen LogP contribution in [-0.4, -0.2) is 11.1 Å². The van der Waals surface area contributed by atoms with Crippen molar-refractivity contribution in [3.8, 4) is 5.75 Å². The van der Waals surface area contributed by atoms with Gasteiger partial charge in [-0.25, -0.2) is 4.79 Å². The highest BCUT2D eigenvalue weighted by molar-refractivity contribution is 7.17. The maximum absolute atomic E-state index is 11.2. The summed E-state index contributed by atoms with van der Waals surface area (Å²) < 4.78 is 6.57. The molecule has 1 N–H and O–H groups in total. The van der Waals surface area contributed by atoms with Crippen LogP contribution in [0.25, 0.3) is 10.1 Å². The zero-order valence-electron chi connectivity index (χ0n) is 11.5. The van der Waals surface area contributed by atoms with Gasteiger partial charge in [0.15, 0.2) is 0 Å². The molecule has 0 unspecified atom stereocenters. The van der Waals surface area contributed by atoms with Crippen LogP contribution in [0.1, 0.15) is 21.5 Å². The van der Waals surface area contributed by atoms with E-state index in [1.54, 1.807) is 12.1 Å². The Morgan fingerprint density at radius 3 is 2.67 bits per heavy atom. The van der Waals surface area contributed by atoms with Crippen LogP contribution in [0.2, 0.25) is 0 Å². The normalized spacial score (nSPS) is 10.7. The Morgan fingerprint density at radius 2 is 1.95 bits per heavy atom. The Balaban J connectivity index is 1.86. The van der Waals surface area contributed by atoms with Crippen LogP contribution in [0, 0.1) is 6.92 Å². The first-order valence-corrected chi connectivity index (χ1v) is 7.45. The van der Waals surface area contributed by atoms with E-state index in [0.717, 1.165) is 21.4 Å².